The molecule has 0 aliphatic carbocycles. The highest BCUT2D eigenvalue weighted by Gasteiger charge is 2.10. The summed E-state index contributed by atoms with van der Waals surface area (Å²) in [7, 11) is 0. The van der Waals surface area contributed by atoms with Crippen LogP contribution in [0.5, 0.6) is 5.75 Å². The summed E-state index contributed by atoms with van der Waals surface area (Å²) in [6, 6.07) is 10.5. The third kappa shape index (κ3) is 7.06. The molecule has 0 amide bonds. The van der Waals surface area contributed by atoms with Crippen molar-refractivity contribution in [3.8, 4) is 5.75 Å². The minimum Gasteiger partial charge on any atom is -0.508 e. The van der Waals surface area contributed by atoms with Crippen LogP contribution in [0.2, 0.25) is 0 Å². The first-order valence-corrected chi connectivity index (χ1v) is 11.1. The molecule has 0 bridgehead atoms. The van der Waals surface area contributed by atoms with Crippen molar-refractivity contribution in [2.24, 2.45) is 0 Å². The number of aromatic hydroxyl groups is 1. The summed E-state index contributed by atoms with van der Waals surface area (Å²) >= 11 is 0. The number of ether oxygens (including phenoxy) is 2. The fraction of sp³-hybridized carbons (Fsp3) is 0.360. The number of rotatable bonds is 8. The first kappa shape index (κ1) is 24.8. The van der Waals surface area contributed by atoms with Crippen molar-refractivity contribution < 1.29 is 33.0 Å². The van der Waals surface area contributed by atoms with Crippen LogP contribution < -0.4 is 0 Å². The molecular weight excluding hydrogens is 440 g/mol. The van der Waals surface area contributed by atoms with Gasteiger partial charge in [0.05, 0.1) is 26.1 Å². The van der Waals surface area contributed by atoms with E-state index >= 15 is 0 Å². The molecule has 0 unspecified atom stereocenters. The monoisotopic (exact) mass is 468 g/mol. The number of nitrogens with zero attached hydrogens (tertiary/aromatic N) is 2. The first-order valence-electron chi connectivity index (χ1n) is 11.1. The number of fused-ring (bicyclic) bond motifs is 2. The molecule has 2 heterocycles. The smallest absolute Gasteiger partial charge is 0.306 e. The summed E-state index contributed by atoms with van der Waals surface area (Å²) in [5, 5.41) is 9.27. The number of hydrogen-bond acceptors (Lipinski definition) is 9. The van der Waals surface area contributed by atoms with Crippen LogP contribution in [0.25, 0.3) is 22.2 Å². The van der Waals surface area contributed by atoms with Gasteiger partial charge in [-0.3, -0.25) is 9.59 Å². The van der Waals surface area contributed by atoms with Crippen LogP contribution in [-0.4, -0.2) is 40.2 Å². The van der Waals surface area contributed by atoms with E-state index < -0.39 is 0 Å². The Morgan fingerprint density at radius 3 is 1.85 bits per heavy atom. The number of aryl methyl sites for hydroxylation is 3. The van der Waals surface area contributed by atoms with Gasteiger partial charge in [-0.2, -0.15) is 0 Å². The van der Waals surface area contributed by atoms with Gasteiger partial charge in [-0.15, -0.1) is 0 Å². The lowest BCUT2D eigenvalue weighted by molar-refractivity contribution is -0.144. The van der Waals surface area contributed by atoms with Crippen LogP contribution in [0.3, 0.4) is 0 Å². The van der Waals surface area contributed by atoms with Gasteiger partial charge in [-0.25, -0.2) is 9.97 Å². The molecule has 0 aliphatic heterocycles. The Balaban J connectivity index is 0.000000191. The fourth-order valence-corrected chi connectivity index (χ4v) is 3.15. The van der Waals surface area contributed by atoms with Crippen molar-refractivity contribution in [3.05, 3.63) is 53.7 Å². The number of carbonyl (C=O) groups excluding carboxylic acids is 2. The highest BCUT2D eigenvalue weighted by atomic mass is 16.5. The largest absolute Gasteiger partial charge is 0.508 e. The van der Waals surface area contributed by atoms with E-state index in [1.807, 2.05) is 25.1 Å². The average molecular weight is 469 g/mol. The molecule has 0 aliphatic rings. The van der Waals surface area contributed by atoms with Crippen molar-refractivity contribution in [2.45, 2.75) is 46.5 Å². The van der Waals surface area contributed by atoms with E-state index in [1.165, 1.54) is 12.1 Å². The quantitative estimate of drug-likeness (QED) is 0.367. The van der Waals surface area contributed by atoms with E-state index in [0.29, 0.717) is 55.4 Å². The molecule has 0 saturated heterocycles. The predicted octanol–water partition coefficient (Wildman–Crippen LogP) is 4.66. The molecule has 4 aromatic rings. The van der Waals surface area contributed by atoms with Crippen molar-refractivity contribution in [1.29, 1.82) is 0 Å². The zero-order valence-electron chi connectivity index (χ0n) is 19.5. The van der Waals surface area contributed by atoms with Gasteiger partial charge in [0.15, 0.2) is 22.9 Å². The molecule has 0 fully saturated rings. The predicted molar refractivity (Wildman–Crippen MR) is 124 cm³/mol. The molecule has 0 radical (unpaired) electrons. The summed E-state index contributed by atoms with van der Waals surface area (Å²) in [4.78, 5) is 30.9. The molecule has 0 spiro atoms. The number of esters is 2. The molecule has 34 heavy (non-hydrogen) atoms. The third-order valence-electron chi connectivity index (χ3n) is 4.70. The Morgan fingerprint density at radius 1 is 0.824 bits per heavy atom. The molecule has 9 nitrogen and oxygen atoms in total. The highest BCUT2D eigenvalue weighted by Crippen LogP contribution is 2.21. The minimum atomic E-state index is -0.266. The number of phenols is 1. The zero-order valence-corrected chi connectivity index (χ0v) is 19.5. The van der Waals surface area contributed by atoms with E-state index in [2.05, 4.69) is 9.97 Å². The lowest BCUT2D eigenvalue weighted by Gasteiger charge is -1.98. The zero-order chi connectivity index (χ0) is 24.5. The lowest BCUT2D eigenvalue weighted by Crippen LogP contribution is -2.05. The van der Waals surface area contributed by atoms with Crippen molar-refractivity contribution in [3.63, 3.8) is 0 Å². The van der Waals surface area contributed by atoms with E-state index in [-0.39, 0.29) is 24.1 Å². The summed E-state index contributed by atoms with van der Waals surface area (Å²) < 4.78 is 20.6. The van der Waals surface area contributed by atoms with Gasteiger partial charge in [0, 0.05) is 18.9 Å². The van der Waals surface area contributed by atoms with Crippen LogP contribution >= 0.6 is 0 Å². The van der Waals surface area contributed by atoms with Crippen molar-refractivity contribution in [2.75, 3.05) is 13.2 Å². The van der Waals surface area contributed by atoms with Crippen LogP contribution in [0, 0.1) is 6.92 Å². The number of oxazole rings is 2. The molecule has 2 aromatic heterocycles. The second-order valence-electron chi connectivity index (χ2n) is 7.45. The van der Waals surface area contributed by atoms with Crippen LogP contribution in [0.15, 0.2) is 45.2 Å². The Hall–Kier alpha value is -3.88. The Labute approximate surface area is 196 Å². The SMILES string of the molecule is CCOC(=O)CCc1nc2cc(C)ccc2o1.CCOC(=O)CCc1nc2cc(O)ccc2o1. The molecule has 0 saturated carbocycles. The normalized spacial score (nSPS) is 10.7. The molecular formula is C25H28N2O7. The number of hydrogen-bond donors (Lipinski definition) is 1. The van der Waals surface area contributed by atoms with Gasteiger partial charge in [0.2, 0.25) is 0 Å². The van der Waals surface area contributed by atoms with Crippen LogP contribution in [-0.2, 0) is 31.9 Å². The Kier molecular flexibility index (Phi) is 8.61. The van der Waals surface area contributed by atoms with Gasteiger partial charge in [0.25, 0.3) is 0 Å². The second kappa shape index (κ2) is 11.8. The average Bonchev–Trinajstić information content (AvgIpc) is 3.39. The third-order valence-corrected chi connectivity index (χ3v) is 4.70. The number of benzene rings is 2. The van der Waals surface area contributed by atoms with E-state index in [0.717, 1.165) is 16.7 Å². The Bertz CT molecular complexity index is 1160. The van der Waals surface area contributed by atoms with Gasteiger partial charge >= 0.3 is 11.9 Å². The number of aromatic nitrogens is 2. The highest BCUT2D eigenvalue weighted by molar-refractivity contribution is 5.75. The van der Waals surface area contributed by atoms with E-state index in [9.17, 15) is 14.7 Å². The summed E-state index contributed by atoms with van der Waals surface area (Å²) in [5.74, 6) is 0.712. The summed E-state index contributed by atoms with van der Waals surface area (Å²) in [5.41, 5.74) is 3.92. The standard InChI is InChI=1S/C13H15NO3.C12H13NO4/c1-3-16-13(15)7-6-12-14-10-8-9(2)4-5-11(10)17-12;1-2-16-12(15)6-5-11-13-9-7-8(14)3-4-10(9)17-11/h4-5,8H,3,6-7H2,1-2H3;3-4,7,14H,2,5-6H2,1H3. The topological polar surface area (TPSA) is 125 Å². The maximum absolute atomic E-state index is 11.2. The molecule has 1 N–H and O–H groups in total. The molecule has 2 aromatic carbocycles. The summed E-state index contributed by atoms with van der Waals surface area (Å²) in [6.07, 6.45) is 1.42. The number of phenolic OH excluding ortho intramolecular Hbond substituents is 1. The maximum atomic E-state index is 11.2. The minimum absolute atomic E-state index is 0.141. The number of carbonyl (C=O) groups is 2. The fourth-order valence-electron chi connectivity index (χ4n) is 3.15. The van der Waals surface area contributed by atoms with Gasteiger partial charge in [0.1, 0.15) is 16.8 Å². The maximum Gasteiger partial charge on any atom is 0.306 e. The van der Waals surface area contributed by atoms with Crippen LogP contribution in [0.4, 0.5) is 0 Å². The first-order chi connectivity index (χ1) is 16.4. The molecule has 4 rings (SSSR count). The van der Waals surface area contributed by atoms with Gasteiger partial charge < -0.3 is 23.4 Å². The second-order valence-corrected chi connectivity index (χ2v) is 7.45. The van der Waals surface area contributed by atoms with Crippen LogP contribution in [0.1, 0.15) is 44.0 Å². The van der Waals surface area contributed by atoms with E-state index in [4.69, 9.17) is 18.3 Å². The Morgan fingerprint density at radius 2 is 1.32 bits per heavy atom. The summed E-state index contributed by atoms with van der Waals surface area (Å²) in [6.45, 7) is 6.35. The van der Waals surface area contributed by atoms with Crippen molar-refractivity contribution in [1.82, 2.24) is 9.97 Å². The van der Waals surface area contributed by atoms with Crippen molar-refractivity contribution >= 4 is 34.1 Å². The van der Waals surface area contributed by atoms with Gasteiger partial charge in [-0.1, -0.05) is 6.07 Å². The van der Waals surface area contributed by atoms with E-state index in [1.54, 1.807) is 19.9 Å². The molecule has 9 heteroatoms. The molecule has 0 atom stereocenters. The molecule has 180 valence electrons. The van der Waals surface area contributed by atoms with Gasteiger partial charge in [-0.05, 0) is 50.6 Å². The lowest BCUT2D eigenvalue weighted by atomic mass is 10.2.